The third kappa shape index (κ3) is 3.34. The van der Waals surface area contributed by atoms with E-state index in [-0.39, 0.29) is 12.0 Å². The van der Waals surface area contributed by atoms with Gasteiger partial charge in [0.15, 0.2) is 5.76 Å². The van der Waals surface area contributed by atoms with E-state index in [2.05, 4.69) is 5.32 Å². The number of methoxy groups -OCH3 is 1. The molecule has 1 aliphatic rings. The SMILES string of the molecule is COc1ccc2oc(C(=O)NCC3CCCC(O)C3)c(C)c2c1. The quantitative estimate of drug-likeness (QED) is 0.909. The molecule has 1 heterocycles. The van der Waals surface area contributed by atoms with Crippen LogP contribution in [0.15, 0.2) is 22.6 Å². The van der Waals surface area contributed by atoms with E-state index in [1.165, 1.54) is 0 Å². The molecule has 1 aromatic heterocycles. The fraction of sp³-hybridized carbons (Fsp3) is 0.500. The van der Waals surface area contributed by atoms with Crippen LogP contribution in [0.1, 0.15) is 41.8 Å². The lowest BCUT2D eigenvalue weighted by Gasteiger charge is -2.25. The van der Waals surface area contributed by atoms with Crippen molar-refractivity contribution in [2.24, 2.45) is 5.92 Å². The molecule has 2 aromatic rings. The Kier molecular flexibility index (Phi) is 4.57. The van der Waals surface area contributed by atoms with E-state index in [1.54, 1.807) is 7.11 Å². The van der Waals surface area contributed by atoms with E-state index in [9.17, 15) is 9.90 Å². The summed E-state index contributed by atoms with van der Waals surface area (Å²) in [4.78, 5) is 12.4. The summed E-state index contributed by atoms with van der Waals surface area (Å²) < 4.78 is 10.9. The molecule has 1 saturated carbocycles. The van der Waals surface area contributed by atoms with Crippen LogP contribution in [0.2, 0.25) is 0 Å². The first-order chi connectivity index (χ1) is 11.1. The van der Waals surface area contributed by atoms with Crippen molar-refractivity contribution in [3.63, 3.8) is 0 Å². The minimum Gasteiger partial charge on any atom is -0.497 e. The molecule has 0 aliphatic heterocycles. The summed E-state index contributed by atoms with van der Waals surface area (Å²) in [7, 11) is 1.61. The molecule has 0 spiro atoms. The fourth-order valence-electron chi connectivity index (χ4n) is 3.31. The number of amides is 1. The van der Waals surface area contributed by atoms with E-state index in [0.29, 0.717) is 23.8 Å². The fourth-order valence-corrected chi connectivity index (χ4v) is 3.31. The Balaban J connectivity index is 1.72. The maximum Gasteiger partial charge on any atom is 0.287 e. The number of rotatable bonds is 4. The van der Waals surface area contributed by atoms with E-state index in [1.807, 2.05) is 25.1 Å². The van der Waals surface area contributed by atoms with Crippen LogP contribution in [-0.2, 0) is 0 Å². The van der Waals surface area contributed by atoms with Gasteiger partial charge in [0.2, 0.25) is 0 Å². The molecule has 5 nitrogen and oxygen atoms in total. The van der Waals surface area contributed by atoms with Crippen LogP contribution in [0.5, 0.6) is 5.75 Å². The average molecular weight is 317 g/mol. The van der Waals surface area contributed by atoms with Crippen molar-refractivity contribution in [3.05, 3.63) is 29.5 Å². The van der Waals surface area contributed by atoms with Gasteiger partial charge in [0.25, 0.3) is 5.91 Å². The van der Waals surface area contributed by atoms with Crippen LogP contribution in [0.4, 0.5) is 0 Å². The van der Waals surface area contributed by atoms with Gasteiger partial charge in [-0.3, -0.25) is 4.79 Å². The lowest BCUT2D eigenvalue weighted by atomic mass is 9.87. The molecule has 2 unspecified atom stereocenters. The molecular weight excluding hydrogens is 294 g/mol. The minimum atomic E-state index is -0.231. The normalized spacial score (nSPS) is 21.3. The molecule has 2 N–H and O–H groups in total. The van der Waals surface area contributed by atoms with Crippen LogP contribution in [-0.4, -0.2) is 30.8 Å². The van der Waals surface area contributed by atoms with Gasteiger partial charge in [-0.15, -0.1) is 0 Å². The van der Waals surface area contributed by atoms with E-state index in [4.69, 9.17) is 9.15 Å². The molecule has 1 fully saturated rings. The summed E-state index contributed by atoms with van der Waals surface area (Å²) in [6.07, 6.45) is 3.47. The van der Waals surface area contributed by atoms with Crippen LogP contribution in [0, 0.1) is 12.8 Å². The molecule has 5 heteroatoms. The molecule has 2 atom stereocenters. The molecular formula is C18H23NO4. The number of fused-ring (bicyclic) bond motifs is 1. The van der Waals surface area contributed by atoms with Crippen molar-refractivity contribution >= 4 is 16.9 Å². The Morgan fingerprint density at radius 3 is 3.00 bits per heavy atom. The summed E-state index contributed by atoms with van der Waals surface area (Å²) in [6.45, 7) is 2.46. The predicted octanol–water partition coefficient (Wildman–Crippen LogP) is 3.03. The molecule has 0 saturated heterocycles. The van der Waals surface area contributed by atoms with Crippen molar-refractivity contribution in [1.82, 2.24) is 5.32 Å². The smallest absolute Gasteiger partial charge is 0.287 e. The monoisotopic (exact) mass is 317 g/mol. The van der Waals surface area contributed by atoms with Gasteiger partial charge in [0.05, 0.1) is 13.2 Å². The maximum atomic E-state index is 12.4. The van der Waals surface area contributed by atoms with Gasteiger partial charge >= 0.3 is 0 Å². The zero-order valence-electron chi connectivity index (χ0n) is 13.6. The van der Waals surface area contributed by atoms with Gasteiger partial charge in [-0.1, -0.05) is 6.42 Å². The van der Waals surface area contributed by atoms with Crippen molar-refractivity contribution in [3.8, 4) is 5.75 Å². The van der Waals surface area contributed by atoms with Crippen LogP contribution < -0.4 is 10.1 Å². The van der Waals surface area contributed by atoms with Crippen LogP contribution >= 0.6 is 0 Å². The summed E-state index contributed by atoms with van der Waals surface area (Å²) in [6, 6.07) is 5.51. The molecule has 0 bridgehead atoms. The molecule has 3 rings (SSSR count). The molecule has 1 aliphatic carbocycles. The number of benzene rings is 1. The van der Waals surface area contributed by atoms with Crippen molar-refractivity contribution < 1.29 is 19.1 Å². The van der Waals surface area contributed by atoms with Crippen LogP contribution in [0.25, 0.3) is 11.0 Å². The Morgan fingerprint density at radius 1 is 1.43 bits per heavy atom. The lowest BCUT2D eigenvalue weighted by Crippen LogP contribution is -2.33. The van der Waals surface area contributed by atoms with Gasteiger partial charge in [-0.25, -0.2) is 0 Å². The predicted molar refractivity (Wildman–Crippen MR) is 87.8 cm³/mol. The second-order valence-electron chi connectivity index (χ2n) is 6.31. The second-order valence-corrected chi connectivity index (χ2v) is 6.31. The summed E-state index contributed by atoms with van der Waals surface area (Å²) in [5, 5.41) is 13.5. The van der Waals surface area contributed by atoms with Gasteiger partial charge in [0, 0.05) is 17.5 Å². The number of aryl methyl sites for hydroxylation is 1. The van der Waals surface area contributed by atoms with Crippen molar-refractivity contribution in [2.45, 2.75) is 38.7 Å². The molecule has 23 heavy (non-hydrogen) atoms. The zero-order chi connectivity index (χ0) is 16.4. The van der Waals surface area contributed by atoms with Crippen LogP contribution in [0.3, 0.4) is 0 Å². The van der Waals surface area contributed by atoms with Gasteiger partial charge in [-0.2, -0.15) is 0 Å². The first-order valence-electron chi connectivity index (χ1n) is 8.12. The lowest BCUT2D eigenvalue weighted by molar-refractivity contribution is 0.0854. The second kappa shape index (κ2) is 6.62. The highest BCUT2D eigenvalue weighted by atomic mass is 16.5. The number of nitrogens with one attached hydrogen (secondary N) is 1. The molecule has 1 aromatic carbocycles. The number of hydrogen-bond donors (Lipinski definition) is 2. The number of aliphatic hydroxyl groups excluding tert-OH is 1. The maximum absolute atomic E-state index is 12.4. The largest absolute Gasteiger partial charge is 0.497 e. The average Bonchev–Trinajstić information content (AvgIpc) is 2.89. The number of carbonyl (C=O) groups is 1. The number of carbonyl (C=O) groups excluding carboxylic acids is 1. The Morgan fingerprint density at radius 2 is 2.26 bits per heavy atom. The van der Waals surface area contributed by atoms with E-state index < -0.39 is 0 Å². The minimum absolute atomic E-state index is 0.197. The third-order valence-corrected chi connectivity index (χ3v) is 4.66. The molecule has 124 valence electrons. The Labute approximate surface area is 135 Å². The highest BCUT2D eigenvalue weighted by molar-refractivity contribution is 5.99. The first kappa shape index (κ1) is 15.9. The highest BCUT2D eigenvalue weighted by Crippen LogP contribution is 2.29. The highest BCUT2D eigenvalue weighted by Gasteiger charge is 2.22. The van der Waals surface area contributed by atoms with Crippen molar-refractivity contribution in [2.75, 3.05) is 13.7 Å². The third-order valence-electron chi connectivity index (χ3n) is 4.66. The van der Waals surface area contributed by atoms with Crippen molar-refractivity contribution in [1.29, 1.82) is 0 Å². The Hall–Kier alpha value is -2.01. The molecule has 0 radical (unpaired) electrons. The van der Waals surface area contributed by atoms with Gasteiger partial charge < -0.3 is 19.6 Å². The number of hydrogen-bond acceptors (Lipinski definition) is 4. The zero-order valence-corrected chi connectivity index (χ0v) is 13.6. The summed E-state index contributed by atoms with van der Waals surface area (Å²) in [5.41, 5.74) is 1.50. The number of aliphatic hydroxyl groups is 1. The topological polar surface area (TPSA) is 71.7 Å². The van der Waals surface area contributed by atoms with E-state index >= 15 is 0 Å². The summed E-state index contributed by atoms with van der Waals surface area (Å²) in [5.74, 6) is 1.24. The first-order valence-corrected chi connectivity index (χ1v) is 8.12. The summed E-state index contributed by atoms with van der Waals surface area (Å²) >= 11 is 0. The van der Waals surface area contributed by atoms with E-state index in [0.717, 1.165) is 42.4 Å². The number of furan rings is 1. The Bertz CT molecular complexity index is 706. The molecule has 1 amide bonds. The van der Waals surface area contributed by atoms with Gasteiger partial charge in [-0.05, 0) is 50.3 Å². The van der Waals surface area contributed by atoms with Gasteiger partial charge in [0.1, 0.15) is 11.3 Å². The standard InChI is InChI=1S/C18H23NO4/c1-11-15-9-14(22-2)6-7-16(15)23-17(11)18(21)19-10-12-4-3-5-13(20)8-12/h6-7,9,12-13,20H,3-5,8,10H2,1-2H3,(H,19,21). The number of ether oxygens (including phenoxy) is 1.